The summed E-state index contributed by atoms with van der Waals surface area (Å²) in [6.45, 7) is 6.09. The Kier molecular flexibility index (Phi) is 5.09. The predicted octanol–water partition coefficient (Wildman–Crippen LogP) is 6.39. The van der Waals surface area contributed by atoms with Crippen LogP contribution in [-0.2, 0) is 0 Å². The Morgan fingerprint density at radius 3 is 2.28 bits per heavy atom. The molecule has 0 unspecified atom stereocenters. The molecule has 0 saturated carbocycles. The van der Waals surface area contributed by atoms with Gasteiger partial charge in [-0.2, -0.15) is 0 Å². The first-order valence-corrected chi connectivity index (χ1v) is 9.01. The second-order valence-corrected chi connectivity index (χ2v) is 7.23. The summed E-state index contributed by atoms with van der Waals surface area (Å²) in [6, 6.07) is 17.5. The van der Waals surface area contributed by atoms with E-state index in [0.29, 0.717) is 23.0 Å². The van der Waals surface area contributed by atoms with Crippen molar-refractivity contribution in [3.8, 4) is 11.3 Å². The van der Waals surface area contributed by atoms with Crippen LogP contribution in [0.15, 0.2) is 63.5 Å². The van der Waals surface area contributed by atoms with Crippen molar-refractivity contribution < 1.29 is 9.21 Å². The van der Waals surface area contributed by atoms with E-state index in [4.69, 9.17) is 4.42 Å². The van der Waals surface area contributed by atoms with E-state index in [1.165, 1.54) is 5.56 Å². The number of amides is 1. The van der Waals surface area contributed by atoms with Crippen LogP contribution in [0.1, 0.15) is 41.4 Å². The number of aryl methyl sites for hydroxylation is 1. The van der Waals surface area contributed by atoms with Gasteiger partial charge < -0.3 is 9.73 Å². The van der Waals surface area contributed by atoms with E-state index in [1.54, 1.807) is 13.0 Å². The first-order chi connectivity index (χ1) is 11.9. The lowest BCUT2D eigenvalue weighted by Gasteiger charge is -2.08. The number of anilines is 1. The van der Waals surface area contributed by atoms with Gasteiger partial charge in [0.1, 0.15) is 11.5 Å². The number of rotatable bonds is 4. The zero-order chi connectivity index (χ0) is 18.0. The maximum Gasteiger partial charge on any atom is 0.259 e. The molecule has 3 nitrogen and oxygen atoms in total. The highest BCUT2D eigenvalue weighted by atomic mass is 79.9. The first-order valence-electron chi connectivity index (χ1n) is 8.21. The lowest BCUT2D eigenvalue weighted by Crippen LogP contribution is -2.12. The molecule has 0 radical (unpaired) electrons. The Labute approximate surface area is 156 Å². The van der Waals surface area contributed by atoms with Crippen LogP contribution in [0.25, 0.3) is 11.3 Å². The zero-order valence-corrected chi connectivity index (χ0v) is 16.1. The van der Waals surface area contributed by atoms with E-state index in [2.05, 4.69) is 35.1 Å². The summed E-state index contributed by atoms with van der Waals surface area (Å²) in [4.78, 5) is 12.6. The lowest BCUT2D eigenvalue weighted by atomic mass is 10.0. The molecule has 1 aromatic heterocycles. The average molecular weight is 398 g/mol. The van der Waals surface area contributed by atoms with Crippen molar-refractivity contribution >= 4 is 27.5 Å². The third-order valence-electron chi connectivity index (χ3n) is 4.13. The van der Waals surface area contributed by atoms with Crippen molar-refractivity contribution in [2.75, 3.05) is 5.32 Å². The second-order valence-electron chi connectivity index (χ2n) is 6.32. The molecule has 4 heteroatoms. The fourth-order valence-corrected chi connectivity index (χ4v) is 2.88. The van der Waals surface area contributed by atoms with Gasteiger partial charge >= 0.3 is 0 Å². The number of nitrogens with one attached hydrogen (secondary N) is 1. The van der Waals surface area contributed by atoms with Crippen molar-refractivity contribution in [2.24, 2.45) is 0 Å². The lowest BCUT2D eigenvalue weighted by molar-refractivity contribution is 0.102. The summed E-state index contributed by atoms with van der Waals surface area (Å²) >= 11 is 3.42. The van der Waals surface area contributed by atoms with Gasteiger partial charge in [0.05, 0.1) is 5.56 Å². The maximum atomic E-state index is 12.6. The molecule has 0 aliphatic heterocycles. The van der Waals surface area contributed by atoms with E-state index in [1.807, 2.05) is 48.5 Å². The minimum absolute atomic E-state index is 0.165. The minimum Gasteiger partial charge on any atom is -0.461 e. The smallest absolute Gasteiger partial charge is 0.259 e. The molecule has 0 aliphatic rings. The van der Waals surface area contributed by atoms with E-state index >= 15 is 0 Å². The van der Waals surface area contributed by atoms with Crippen molar-refractivity contribution in [1.82, 2.24) is 0 Å². The van der Waals surface area contributed by atoms with Crippen LogP contribution in [0.5, 0.6) is 0 Å². The van der Waals surface area contributed by atoms with Crippen molar-refractivity contribution in [2.45, 2.75) is 26.7 Å². The molecule has 1 heterocycles. The molecule has 3 rings (SSSR count). The fraction of sp³-hybridized carbons (Fsp3) is 0.190. The summed E-state index contributed by atoms with van der Waals surface area (Å²) in [5.74, 6) is 1.59. The Balaban J connectivity index is 1.79. The van der Waals surface area contributed by atoms with Crippen LogP contribution in [0.3, 0.4) is 0 Å². The fourth-order valence-electron chi connectivity index (χ4n) is 2.61. The summed E-state index contributed by atoms with van der Waals surface area (Å²) in [7, 11) is 0. The Morgan fingerprint density at radius 2 is 1.68 bits per heavy atom. The molecule has 0 saturated heterocycles. The standard InChI is InChI=1S/C21H20BrNO2/c1-13(2)15-6-10-18(11-7-15)23-21(24)19-12-20(25-14(19)3)16-4-8-17(22)9-5-16/h4-13H,1-3H3,(H,23,24). The average Bonchev–Trinajstić information content (AvgIpc) is 2.98. The number of hydrogen-bond acceptors (Lipinski definition) is 2. The molecule has 0 spiro atoms. The number of hydrogen-bond donors (Lipinski definition) is 1. The highest BCUT2D eigenvalue weighted by Crippen LogP contribution is 2.27. The third-order valence-corrected chi connectivity index (χ3v) is 4.66. The molecule has 128 valence electrons. The zero-order valence-electron chi connectivity index (χ0n) is 14.5. The number of benzene rings is 2. The monoisotopic (exact) mass is 397 g/mol. The molecule has 25 heavy (non-hydrogen) atoms. The molecule has 2 aromatic carbocycles. The highest BCUT2D eigenvalue weighted by Gasteiger charge is 2.16. The first kappa shape index (κ1) is 17.5. The van der Waals surface area contributed by atoms with Gasteiger partial charge in [-0.05, 0) is 48.7 Å². The van der Waals surface area contributed by atoms with E-state index in [0.717, 1.165) is 15.7 Å². The second kappa shape index (κ2) is 7.28. The van der Waals surface area contributed by atoms with Gasteiger partial charge in [0.25, 0.3) is 5.91 Å². The third kappa shape index (κ3) is 4.02. The van der Waals surface area contributed by atoms with Gasteiger partial charge in [-0.3, -0.25) is 4.79 Å². The van der Waals surface area contributed by atoms with Crippen molar-refractivity contribution in [3.05, 3.63) is 76.0 Å². The molecule has 0 fully saturated rings. The van der Waals surface area contributed by atoms with Gasteiger partial charge in [-0.25, -0.2) is 0 Å². The van der Waals surface area contributed by atoms with E-state index in [9.17, 15) is 4.79 Å². The predicted molar refractivity (Wildman–Crippen MR) is 105 cm³/mol. The number of carbonyl (C=O) groups excluding carboxylic acids is 1. The molecule has 3 aromatic rings. The van der Waals surface area contributed by atoms with Crippen LogP contribution in [-0.4, -0.2) is 5.91 Å². The number of furan rings is 1. The molecule has 1 amide bonds. The van der Waals surface area contributed by atoms with Gasteiger partial charge in [0, 0.05) is 15.7 Å². The summed E-state index contributed by atoms with van der Waals surface area (Å²) in [5.41, 5.74) is 3.51. The topological polar surface area (TPSA) is 42.2 Å². The normalized spacial score (nSPS) is 10.9. The van der Waals surface area contributed by atoms with Crippen LogP contribution in [0, 0.1) is 6.92 Å². The minimum atomic E-state index is -0.165. The SMILES string of the molecule is Cc1oc(-c2ccc(Br)cc2)cc1C(=O)Nc1ccc(C(C)C)cc1. The Bertz CT molecular complexity index is 877. The van der Waals surface area contributed by atoms with E-state index in [-0.39, 0.29) is 5.91 Å². The summed E-state index contributed by atoms with van der Waals surface area (Å²) in [6.07, 6.45) is 0. The van der Waals surface area contributed by atoms with Crippen LogP contribution in [0.4, 0.5) is 5.69 Å². The van der Waals surface area contributed by atoms with Crippen LogP contribution >= 0.6 is 15.9 Å². The molecule has 0 aliphatic carbocycles. The molecule has 0 atom stereocenters. The maximum absolute atomic E-state index is 12.6. The van der Waals surface area contributed by atoms with Gasteiger partial charge in [-0.1, -0.05) is 54.0 Å². The Hall–Kier alpha value is -2.33. The quantitative estimate of drug-likeness (QED) is 0.553. The van der Waals surface area contributed by atoms with Gasteiger partial charge in [0.15, 0.2) is 0 Å². The van der Waals surface area contributed by atoms with Gasteiger partial charge in [-0.15, -0.1) is 0 Å². The highest BCUT2D eigenvalue weighted by molar-refractivity contribution is 9.10. The van der Waals surface area contributed by atoms with Crippen LogP contribution in [0.2, 0.25) is 0 Å². The number of halogens is 1. The largest absolute Gasteiger partial charge is 0.461 e. The summed E-state index contributed by atoms with van der Waals surface area (Å²) < 4.78 is 6.78. The van der Waals surface area contributed by atoms with E-state index < -0.39 is 0 Å². The van der Waals surface area contributed by atoms with Gasteiger partial charge in [0.2, 0.25) is 0 Å². The van der Waals surface area contributed by atoms with Crippen molar-refractivity contribution in [1.29, 1.82) is 0 Å². The molecule has 1 N–H and O–H groups in total. The summed E-state index contributed by atoms with van der Waals surface area (Å²) in [5, 5.41) is 2.93. The molecule has 0 bridgehead atoms. The van der Waals surface area contributed by atoms with Crippen LogP contribution < -0.4 is 5.32 Å². The number of carbonyl (C=O) groups is 1. The molecular formula is C21H20BrNO2. The Morgan fingerprint density at radius 1 is 1.04 bits per heavy atom. The molecular weight excluding hydrogens is 378 g/mol. The van der Waals surface area contributed by atoms with Crippen molar-refractivity contribution in [3.63, 3.8) is 0 Å².